The molecule has 0 spiro atoms. The van der Waals surface area contributed by atoms with E-state index >= 15 is 0 Å². The maximum absolute atomic E-state index is 11.2. The van der Waals surface area contributed by atoms with Crippen molar-refractivity contribution in [3.8, 4) is 0 Å². The number of hydrogen-bond acceptors (Lipinski definition) is 2. The number of carbonyl (C=O) groups is 1. The molecule has 0 rings (SSSR count). The molecule has 0 atom stereocenters. The topological polar surface area (TPSA) is 40.5 Å². The lowest BCUT2D eigenvalue weighted by atomic mass is 10.1. The van der Waals surface area contributed by atoms with Crippen molar-refractivity contribution in [3.63, 3.8) is 0 Å². The van der Waals surface area contributed by atoms with Gasteiger partial charge in [-0.25, -0.2) is 4.79 Å². The van der Waals surface area contributed by atoms with Crippen LogP contribution in [-0.4, -0.2) is 29.1 Å². The van der Waals surface area contributed by atoms with Gasteiger partial charge in [-0.3, -0.25) is 0 Å². The highest BCUT2D eigenvalue weighted by Crippen LogP contribution is 2.11. The standard InChI is InChI=1S/C15H29NO2/c1-4-7-8-9-10-11-12-13-14(15(17)18)16(5-2)6-3/h13H,4-12H2,1-3H3,(H,17,18)/b14-13+. The average molecular weight is 255 g/mol. The molecule has 0 aromatic heterocycles. The van der Waals surface area contributed by atoms with Crippen molar-refractivity contribution in [1.82, 2.24) is 4.90 Å². The van der Waals surface area contributed by atoms with E-state index in [0.29, 0.717) is 5.70 Å². The molecular weight excluding hydrogens is 226 g/mol. The van der Waals surface area contributed by atoms with Crippen LogP contribution in [0.2, 0.25) is 0 Å². The predicted octanol–water partition coefficient (Wildman–Crippen LogP) is 4.05. The second-order valence-electron chi connectivity index (χ2n) is 4.62. The zero-order valence-electron chi connectivity index (χ0n) is 12.2. The van der Waals surface area contributed by atoms with Crippen molar-refractivity contribution in [2.75, 3.05) is 13.1 Å². The van der Waals surface area contributed by atoms with Crippen LogP contribution in [0.3, 0.4) is 0 Å². The molecule has 0 aliphatic heterocycles. The van der Waals surface area contributed by atoms with Gasteiger partial charge < -0.3 is 10.0 Å². The quantitative estimate of drug-likeness (QED) is 0.447. The molecule has 0 heterocycles. The predicted molar refractivity (Wildman–Crippen MR) is 76.6 cm³/mol. The summed E-state index contributed by atoms with van der Waals surface area (Å²) >= 11 is 0. The zero-order chi connectivity index (χ0) is 13.8. The lowest BCUT2D eigenvalue weighted by Gasteiger charge is -2.21. The van der Waals surface area contributed by atoms with Gasteiger partial charge in [0.25, 0.3) is 0 Å². The fourth-order valence-electron chi connectivity index (χ4n) is 2.08. The van der Waals surface area contributed by atoms with Gasteiger partial charge in [0.05, 0.1) is 0 Å². The van der Waals surface area contributed by atoms with E-state index in [9.17, 15) is 4.79 Å². The Morgan fingerprint density at radius 1 is 1.00 bits per heavy atom. The first-order valence-electron chi connectivity index (χ1n) is 7.35. The number of likely N-dealkylation sites (N-methyl/N-ethyl adjacent to an activating group) is 1. The molecule has 106 valence electrons. The van der Waals surface area contributed by atoms with Crippen LogP contribution in [0.25, 0.3) is 0 Å². The minimum Gasteiger partial charge on any atom is -0.477 e. The lowest BCUT2D eigenvalue weighted by Crippen LogP contribution is -2.27. The first-order chi connectivity index (χ1) is 8.67. The van der Waals surface area contributed by atoms with Gasteiger partial charge in [-0.2, -0.15) is 0 Å². The van der Waals surface area contributed by atoms with Gasteiger partial charge in [-0.15, -0.1) is 0 Å². The lowest BCUT2D eigenvalue weighted by molar-refractivity contribution is -0.134. The maximum Gasteiger partial charge on any atom is 0.351 e. The van der Waals surface area contributed by atoms with Crippen LogP contribution in [0.5, 0.6) is 0 Å². The Hall–Kier alpha value is -0.990. The van der Waals surface area contributed by atoms with Gasteiger partial charge in [0.1, 0.15) is 5.70 Å². The molecule has 0 radical (unpaired) electrons. The van der Waals surface area contributed by atoms with E-state index < -0.39 is 5.97 Å². The Balaban J connectivity index is 3.98. The summed E-state index contributed by atoms with van der Waals surface area (Å²) in [5.41, 5.74) is 0.466. The van der Waals surface area contributed by atoms with E-state index in [-0.39, 0.29) is 0 Å². The zero-order valence-corrected chi connectivity index (χ0v) is 12.2. The number of unbranched alkanes of at least 4 members (excludes halogenated alkanes) is 6. The van der Waals surface area contributed by atoms with Crippen molar-refractivity contribution in [1.29, 1.82) is 0 Å². The second kappa shape index (κ2) is 11.1. The van der Waals surface area contributed by atoms with Crippen LogP contribution in [-0.2, 0) is 4.79 Å². The molecule has 0 saturated heterocycles. The molecule has 0 aliphatic rings. The number of hydrogen-bond donors (Lipinski definition) is 1. The summed E-state index contributed by atoms with van der Waals surface area (Å²) in [6.45, 7) is 7.71. The van der Waals surface area contributed by atoms with Gasteiger partial charge in [0, 0.05) is 13.1 Å². The molecule has 1 N–H and O–H groups in total. The van der Waals surface area contributed by atoms with Crippen molar-refractivity contribution < 1.29 is 9.90 Å². The van der Waals surface area contributed by atoms with Crippen LogP contribution in [0, 0.1) is 0 Å². The van der Waals surface area contributed by atoms with Crippen LogP contribution in [0.1, 0.15) is 65.7 Å². The number of carboxylic acid groups (broad SMARTS) is 1. The van der Waals surface area contributed by atoms with Crippen molar-refractivity contribution >= 4 is 5.97 Å². The molecule has 0 unspecified atom stereocenters. The highest BCUT2D eigenvalue weighted by molar-refractivity contribution is 5.85. The number of carboxylic acids is 1. The molecule has 0 aromatic rings. The fraction of sp³-hybridized carbons (Fsp3) is 0.800. The summed E-state index contributed by atoms with van der Waals surface area (Å²) in [6.07, 6.45) is 10.2. The number of aliphatic carboxylic acids is 1. The van der Waals surface area contributed by atoms with Gasteiger partial charge in [-0.05, 0) is 26.7 Å². The average Bonchev–Trinajstić information content (AvgIpc) is 2.36. The number of allylic oxidation sites excluding steroid dienone is 1. The van der Waals surface area contributed by atoms with Crippen LogP contribution in [0.4, 0.5) is 0 Å². The molecule has 3 nitrogen and oxygen atoms in total. The van der Waals surface area contributed by atoms with E-state index in [1.165, 1.54) is 32.1 Å². The monoisotopic (exact) mass is 255 g/mol. The molecule has 18 heavy (non-hydrogen) atoms. The van der Waals surface area contributed by atoms with Crippen molar-refractivity contribution in [2.24, 2.45) is 0 Å². The first kappa shape index (κ1) is 17.0. The van der Waals surface area contributed by atoms with Gasteiger partial charge in [0.2, 0.25) is 0 Å². The molecule has 0 aliphatic carbocycles. The number of rotatable bonds is 11. The van der Waals surface area contributed by atoms with E-state index in [1.54, 1.807) is 0 Å². The Morgan fingerprint density at radius 2 is 1.56 bits per heavy atom. The summed E-state index contributed by atoms with van der Waals surface area (Å²) in [6, 6.07) is 0. The first-order valence-corrected chi connectivity index (χ1v) is 7.35. The van der Waals surface area contributed by atoms with E-state index in [1.807, 2.05) is 24.8 Å². The summed E-state index contributed by atoms with van der Waals surface area (Å²) in [5, 5.41) is 9.17. The van der Waals surface area contributed by atoms with E-state index in [0.717, 1.165) is 25.9 Å². The van der Waals surface area contributed by atoms with Crippen molar-refractivity contribution in [2.45, 2.75) is 65.7 Å². The SMILES string of the molecule is CCCCCCCC/C=C(\C(=O)O)N(CC)CC. The molecular formula is C15H29NO2. The Morgan fingerprint density at radius 3 is 2.06 bits per heavy atom. The smallest absolute Gasteiger partial charge is 0.351 e. The van der Waals surface area contributed by atoms with Gasteiger partial charge in [-0.1, -0.05) is 45.1 Å². The van der Waals surface area contributed by atoms with Gasteiger partial charge >= 0.3 is 5.97 Å². The normalized spacial score (nSPS) is 11.6. The molecule has 3 heteroatoms. The second-order valence-corrected chi connectivity index (χ2v) is 4.62. The molecule has 0 bridgehead atoms. The minimum atomic E-state index is -0.801. The molecule has 0 saturated carbocycles. The van der Waals surface area contributed by atoms with Crippen molar-refractivity contribution in [3.05, 3.63) is 11.8 Å². The summed E-state index contributed by atoms with van der Waals surface area (Å²) in [4.78, 5) is 13.1. The minimum absolute atomic E-state index is 0.466. The van der Waals surface area contributed by atoms with Gasteiger partial charge in [0.15, 0.2) is 0 Å². The third kappa shape index (κ3) is 7.36. The molecule has 0 amide bonds. The fourth-order valence-corrected chi connectivity index (χ4v) is 2.08. The Bertz CT molecular complexity index is 245. The van der Waals surface area contributed by atoms with E-state index in [2.05, 4.69) is 6.92 Å². The largest absolute Gasteiger partial charge is 0.477 e. The molecule has 0 aromatic carbocycles. The third-order valence-corrected chi connectivity index (χ3v) is 3.22. The van der Waals surface area contributed by atoms with E-state index in [4.69, 9.17) is 5.11 Å². The summed E-state index contributed by atoms with van der Waals surface area (Å²) < 4.78 is 0. The van der Waals surface area contributed by atoms with Crippen LogP contribution in [0.15, 0.2) is 11.8 Å². The van der Waals surface area contributed by atoms with Crippen LogP contribution >= 0.6 is 0 Å². The molecule has 0 fully saturated rings. The van der Waals surface area contributed by atoms with Crippen LogP contribution < -0.4 is 0 Å². The summed E-state index contributed by atoms with van der Waals surface area (Å²) in [7, 11) is 0. The Kier molecular flexibility index (Phi) is 10.5. The summed E-state index contributed by atoms with van der Waals surface area (Å²) in [5.74, 6) is -0.801. The highest BCUT2D eigenvalue weighted by atomic mass is 16.4. The number of nitrogens with zero attached hydrogens (tertiary/aromatic N) is 1. The Labute approximate surface area is 112 Å². The maximum atomic E-state index is 11.2. The highest BCUT2D eigenvalue weighted by Gasteiger charge is 2.12. The third-order valence-electron chi connectivity index (χ3n) is 3.22.